The second kappa shape index (κ2) is 8.90. The quantitative estimate of drug-likeness (QED) is 0.358. The van der Waals surface area contributed by atoms with Crippen molar-refractivity contribution in [2.75, 3.05) is 5.32 Å². The molecule has 0 spiro atoms. The molecule has 0 radical (unpaired) electrons. The number of carbonyl (C=O) groups is 1. The summed E-state index contributed by atoms with van der Waals surface area (Å²) in [5.74, 6) is -0.332. The fourth-order valence-corrected chi connectivity index (χ4v) is 4.46. The van der Waals surface area contributed by atoms with E-state index in [1.54, 1.807) is 10.9 Å². The van der Waals surface area contributed by atoms with Crippen LogP contribution in [0.5, 0.6) is 0 Å². The summed E-state index contributed by atoms with van der Waals surface area (Å²) in [6.07, 6.45) is 2.44. The first kappa shape index (κ1) is 21.7. The Labute approximate surface area is 197 Å². The van der Waals surface area contributed by atoms with Crippen molar-refractivity contribution in [3.05, 3.63) is 85.0 Å². The van der Waals surface area contributed by atoms with Crippen molar-refractivity contribution >= 4 is 49.9 Å². The molecule has 4 rings (SSSR count). The molecule has 6 nitrogen and oxygen atoms in total. The standard InChI is InChI=1S/C22H19BrClN5OS/c1-12-4-5-13(2)19(8-12)29-14(3)20(27-28-29)21(30)26-22-25-11-16(31-22)9-15-6-7-17(23)18(24)10-15/h4-8,10-11H,9H2,1-3H3,(H,25,26,30). The summed E-state index contributed by atoms with van der Waals surface area (Å²) in [6.45, 7) is 5.86. The number of anilines is 1. The third-order valence-electron chi connectivity index (χ3n) is 4.84. The number of carbonyl (C=O) groups excluding carboxylic acids is 1. The van der Waals surface area contributed by atoms with Gasteiger partial charge < -0.3 is 0 Å². The number of hydrogen-bond acceptors (Lipinski definition) is 5. The molecule has 0 unspecified atom stereocenters. The molecule has 0 fully saturated rings. The van der Waals surface area contributed by atoms with E-state index in [1.165, 1.54) is 11.3 Å². The number of hydrogen-bond donors (Lipinski definition) is 1. The topological polar surface area (TPSA) is 72.7 Å². The van der Waals surface area contributed by atoms with Gasteiger partial charge in [-0.1, -0.05) is 35.0 Å². The summed E-state index contributed by atoms with van der Waals surface area (Å²) in [4.78, 5) is 18.1. The van der Waals surface area contributed by atoms with Gasteiger partial charge in [0.2, 0.25) is 0 Å². The molecule has 1 N–H and O–H groups in total. The molecular weight excluding hydrogens is 498 g/mol. The average molecular weight is 517 g/mol. The van der Waals surface area contributed by atoms with E-state index in [9.17, 15) is 4.79 Å². The van der Waals surface area contributed by atoms with E-state index in [4.69, 9.17) is 11.6 Å². The molecule has 31 heavy (non-hydrogen) atoms. The van der Waals surface area contributed by atoms with E-state index in [0.29, 0.717) is 22.3 Å². The Bertz CT molecular complexity index is 1280. The van der Waals surface area contributed by atoms with Gasteiger partial charge in [0.15, 0.2) is 10.8 Å². The molecule has 0 aliphatic heterocycles. The Hall–Kier alpha value is -2.55. The molecule has 0 atom stereocenters. The first-order valence-corrected chi connectivity index (χ1v) is 11.5. The van der Waals surface area contributed by atoms with Gasteiger partial charge in [0.1, 0.15) is 0 Å². The number of nitrogens with zero attached hydrogens (tertiary/aromatic N) is 4. The Morgan fingerprint density at radius 2 is 2.00 bits per heavy atom. The van der Waals surface area contributed by atoms with Gasteiger partial charge in [0, 0.05) is 22.0 Å². The van der Waals surface area contributed by atoms with E-state index >= 15 is 0 Å². The zero-order valence-corrected chi connectivity index (χ0v) is 20.3. The minimum atomic E-state index is -0.332. The highest BCUT2D eigenvalue weighted by atomic mass is 79.9. The van der Waals surface area contributed by atoms with Crippen LogP contribution in [0.25, 0.3) is 5.69 Å². The van der Waals surface area contributed by atoms with Crippen LogP contribution in [0.4, 0.5) is 5.13 Å². The lowest BCUT2D eigenvalue weighted by Crippen LogP contribution is -2.14. The molecular formula is C22H19BrClN5OS. The lowest BCUT2D eigenvalue weighted by Gasteiger charge is -2.08. The van der Waals surface area contributed by atoms with Crippen LogP contribution in [-0.4, -0.2) is 25.9 Å². The van der Waals surface area contributed by atoms with Gasteiger partial charge in [-0.15, -0.1) is 16.4 Å². The van der Waals surface area contributed by atoms with Gasteiger partial charge in [0.05, 0.1) is 16.4 Å². The zero-order chi connectivity index (χ0) is 22.1. The molecule has 0 bridgehead atoms. The number of amides is 1. The first-order valence-electron chi connectivity index (χ1n) is 9.51. The third-order valence-corrected chi connectivity index (χ3v) is 6.98. The summed E-state index contributed by atoms with van der Waals surface area (Å²) < 4.78 is 2.56. The highest BCUT2D eigenvalue weighted by Gasteiger charge is 2.19. The van der Waals surface area contributed by atoms with Crippen molar-refractivity contribution in [1.82, 2.24) is 20.0 Å². The Balaban J connectivity index is 1.50. The lowest BCUT2D eigenvalue weighted by molar-refractivity contribution is 0.102. The second-order valence-corrected chi connectivity index (χ2v) is 9.61. The number of benzene rings is 2. The molecule has 0 aliphatic carbocycles. The van der Waals surface area contributed by atoms with Crippen molar-refractivity contribution in [3.8, 4) is 5.69 Å². The van der Waals surface area contributed by atoms with Crippen molar-refractivity contribution < 1.29 is 4.79 Å². The summed E-state index contributed by atoms with van der Waals surface area (Å²) in [7, 11) is 0. The molecule has 1 amide bonds. The molecule has 9 heteroatoms. The maximum atomic E-state index is 12.8. The van der Waals surface area contributed by atoms with E-state index in [-0.39, 0.29) is 11.6 Å². The van der Waals surface area contributed by atoms with Crippen LogP contribution in [0.1, 0.15) is 37.7 Å². The van der Waals surface area contributed by atoms with Gasteiger partial charge in [-0.3, -0.25) is 10.1 Å². The summed E-state index contributed by atoms with van der Waals surface area (Å²) >= 11 is 11.0. The molecule has 2 aromatic heterocycles. The minimum absolute atomic E-state index is 0.275. The third kappa shape index (κ3) is 4.71. The average Bonchev–Trinajstić information content (AvgIpc) is 3.33. The van der Waals surface area contributed by atoms with E-state index in [1.807, 2.05) is 57.2 Å². The summed E-state index contributed by atoms with van der Waals surface area (Å²) in [5.41, 5.74) is 5.10. The summed E-state index contributed by atoms with van der Waals surface area (Å²) in [6, 6.07) is 11.9. The Kier molecular flexibility index (Phi) is 6.22. The Morgan fingerprint density at radius 1 is 1.19 bits per heavy atom. The van der Waals surface area contributed by atoms with Crippen LogP contribution in [-0.2, 0) is 6.42 Å². The minimum Gasteiger partial charge on any atom is -0.296 e. The van der Waals surface area contributed by atoms with Gasteiger partial charge >= 0.3 is 0 Å². The van der Waals surface area contributed by atoms with Crippen LogP contribution in [0.15, 0.2) is 47.1 Å². The number of rotatable bonds is 5. The van der Waals surface area contributed by atoms with E-state index in [2.05, 4.69) is 36.5 Å². The van der Waals surface area contributed by atoms with Crippen molar-refractivity contribution in [2.45, 2.75) is 27.2 Å². The fourth-order valence-electron chi connectivity index (χ4n) is 3.17. The van der Waals surface area contributed by atoms with Crippen LogP contribution in [0.3, 0.4) is 0 Å². The first-order chi connectivity index (χ1) is 14.8. The van der Waals surface area contributed by atoms with Gasteiger partial charge in [-0.25, -0.2) is 9.67 Å². The molecule has 0 saturated heterocycles. The van der Waals surface area contributed by atoms with Crippen molar-refractivity contribution in [2.24, 2.45) is 0 Å². The summed E-state index contributed by atoms with van der Waals surface area (Å²) in [5, 5.41) is 12.3. The van der Waals surface area contributed by atoms with E-state index in [0.717, 1.165) is 31.7 Å². The maximum absolute atomic E-state index is 12.8. The SMILES string of the molecule is Cc1ccc(C)c(-n2nnc(C(=O)Nc3ncc(Cc4ccc(Br)c(Cl)c4)s3)c2C)c1. The molecule has 0 aliphatic rings. The van der Waals surface area contributed by atoms with Crippen LogP contribution >= 0.6 is 38.9 Å². The van der Waals surface area contributed by atoms with Crippen LogP contribution in [0, 0.1) is 20.8 Å². The smallest absolute Gasteiger partial charge is 0.279 e. The predicted molar refractivity (Wildman–Crippen MR) is 128 cm³/mol. The highest BCUT2D eigenvalue weighted by Crippen LogP contribution is 2.27. The van der Waals surface area contributed by atoms with E-state index < -0.39 is 0 Å². The molecule has 0 saturated carbocycles. The maximum Gasteiger partial charge on any atom is 0.279 e. The monoisotopic (exact) mass is 515 g/mol. The second-order valence-electron chi connectivity index (χ2n) is 7.24. The van der Waals surface area contributed by atoms with Crippen LogP contribution in [0.2, 0.25) is 5.02 Å². The number of aryl methyl sites for hydroxylation is 2. The number of thiazole rings is 1. The molecule has 2 heterocycles. The van der Waals surface area contributed by atoms with Gasteiger partial charge in [-0.05, 0) is 71.6 Å². The zero-order valence-electron chi connectivity index (χ0n) is 17.1. The van der Waals surface area contributed by atoms with Crippen LogP contribution < -0.4 is 5.32 Å². The lowest BCUT2D eigenvalue weighted by atomic mass is 10.1. The number of aromatic nitrogens is 4. The normalized spacial score (nSPS) is 11.0. The molecule has 4 aromatic rings. The number of nitrogens with one attached hydrogen (secondary N) is 1. The molecule has 2 aromatic carbocycles. The van der Waals surface area contributed by atoms with Gasteiger partial charge in [-0.2, -0.15) is 0 Å². The fraction of sp³-hybridized carbons (Fsp3) is 0.182. The number of halogens is 2. The molecule has 158 valence electrons. The highest BCUT2D eigenvalue weighted by molar-refractivity contribution is 9.10. The van der Waals surface area contributed by atoms with Crippen molar-refractivity contribution in [1.29, 1.82) is 0 Å². The van der Waals surface area contributed by atoms with Gasteiger partial charge in [0.25, 0.3) is 5.91 Å². The van der Waals surface area contributed by atoms with Crippen molar-refractivity contribution in [3.63, 3.8) is 0 Å². The largest absolute Gasteiger partial charge is 0.296 e. The Morgan fingerprint density at radius 3 is 2.77 bits per heavy atom. The predicted octanol–water partition coefficient (Wildman–Crippen LogP) is 5.91.